The van der Waals surface area contributed by atoms with E-state index in [9.17, 15) is 5.11 Å². The summed E-state index contributed by atoms with van der Waals surface area (Å²) < 4.78 is 1.58. The van der Waals surface area contributed by atoms with Crippen LogP contribution < -0.4 is 4.90 Å². The van der Waals surface area contributed by atoms with Crippen molar-refractivity contribution in [3.63, 3.8) is 0 Å². The minimum absolute atomic E-state index is 0.00465. The number of nitrogens with one attached hydrogen (secondary N) is 1. The van der Waals surface area contributed by atoms with Gasteiger partial charge in [0.1, 0.15) is 4.88 Å². The summed E-state index contributed by atoms with van der Waals surface area (Å²) in [5, 5.41) is 16.1. The van der Waals surface area contributed by atoms with Crippen LogP contribution in [0.3, 0.4) is 0 Å². The molecule has 0 aliphatic carbocycles. The highest BCUT2D eigenvalue weighted by atomic mass is 35.5. The summed E-state index contributed by atoms with van der Waals surface area (Å²) in [7, 11) is 0. The lowest BCUT2D eigenvalue weighted by atomic mass is 9.95. The van der Waals surface area contributed by atoms with Crippen LogP contribution in [0.1, 0.15) is 49.0 Å². The van der Waals surface area contributed by atoms with Crippen LogP contribution in [-0.2, 0) is 6.42 Å². The molecule has 1 aromatic carbocycles. The normalized spacial score (nSPS) is 22.0. The number of rotatable bonds is 4. The monoisotopic (exact) mass is 391 g/mol. The van der Waals surface area contributed by atoms with E-state index >= 15 is 0 Å². The first kappa shape index (κ1) is 17.8. The number of hydrogen-bond acceptors (Lipinski definition) is 4. The third-order valence-corrected chi connectivity index (χ3v) is 6.68. The van der Waals surface area contributed by atoms with Crippen molar-refractivity contribution in [3.05, 3.63) is 45.6 Å². The molecule has 0 saturated carbocycles. The van der Waals surface area contributed by atoms with Gasteiger partial charge in [0.15, 0.2) is 11.9 Å². The summed E-state index contributed by atoms with van der Waals surface area (Å²) >= 11 is 8.10. The second-order valence-electron chi connectivity index (χ2n) is 7.18. The number of fused-ring (bicyclic) bond motifs is 1. The zero-order valence-corrected chi connectivity index (χ0v) is 16.6. The van der Waals surface area contributed by atoms with Crippen LogP contribution in [0.2, 0.25) is 5.02 Å². The smallest absolute Gasteiger partial charge is 0.235 e. The van der Waals surface area contributed by atoms with Gasteiger partial charge in [-0.05, 0) is 18.9 Å². The van der Waals surface area contributed by atoms with E-state index in [-0.39, 0.29) is 11.9 Å². The number of likely N-dealkylation sites (tertiary alicyclic amines) is 1. The minimum Gasteiger partial charge on any atom is -0.492 e. The third kappa shape index (κ3) is 3.10. The Balaban J connectivity index is 1.84. The standard InChI is InChI=1S/C19H23ClN4OS/c1-3-15-21-19-24(22-15)18(25)17(26-19)16(13-8-4-5-9-14(13)20)23-10-6-7-12(2)11-23/h4-5,8-9,12,16,25H,3,6-7,10-11H2,1-2H3/p+1/t12-,16+/m0/s1. The third-order valence-electron chi connectivity index (χ3n) is 5.25. The second kappa shape index (κ2) is 7.18. The Bertz CT molecular complexity index is 922. The Morgan fingerprint density at radius 1 is 1.42 bits per heavy atom. The van der Waals surface area contributed by atoms with Crippen molar-refractivity contribution in [3.8, 4) is 5.88 Å². The molecule has 1 aliphatic heterocycles. The molecular formula is C19H24ClN4OS+. The predicted octanol–water partition coefficient (Wildman–Crippen LogP) is 3.12. The predicted molar refractivity (Wildman–Crippen MR) is 104 cm³/mol. The molecule has 138 valence electrons. The Labute approximate surface area is 162 Å². The van der Waals surface area contributed by atoms with Gasteiger partial charge in [-0.3, -0.25) is 0 Å². The summed E-state index contributed by atoms with van der Waals surface area (Å²) in [6, 6.07) is 7.98. The van der Waals surface area contributed by atoms with E-state index in [1.165, 1.54) is 29.1 Å². The number of aryl methyl sites for hydroxylation is 1. The van der Waals surface area contributed by atoms with Gasteiger partial charge in [-0.2, -0.15) is 4.52 Å². The first-order chi connectivity index (χ1) is 12.6. The molecule has 1 saturated heterocycles. The van der Waals surface area contributed by atoms with E-state index in [2.05, 4.69) is 23.1 Å². The molecule has 7 heteroatoms. The lowest BCUT2D eigenvalue weighted by Crippen LogP contribution is -3.13. The zero-order valence-electron chi connectivity index (χ0n) is 15.1. The van der Waals surface area contributed by atoms with Gasteiger partial charge in [-0.1, -0.05) is 55.0 Å². The summed E-state index contributed by atoms with van der Waals surface area (Å²) in [4.78, 5) is 7.64. The number of hydrogen-bond donors (Lipinski definition) is 2. The molecular weight excluding hydrogens is 368 g/mol. The highest BCUT2D eigenvalue weighted by Gasteiger charge is 2.36. The average molecular weight is 392 g/mol. The number of aromatic nitrogens is 3. The summed E-state index contributed by atoms with van der Waals surface area (Å²) in [5.74, 6) is 1.62. The number of nitrogens with zero attached hydrogens (tertiary/aromatic N) is 3. The van der Waals surface area contributed by atoms with Gasteiger partial charge in [0.2, 0.25) is 10.8 Å². The fourth-order valence-corrected chi connectivity index (χ4v) is 5.37. The number of aromatic hydroxyl groups is 1. The van der Waals surface area contributed by atoms with Gasteiger partial charge >= 0.3 is 0 Å². The molecule has 5 nitrogen and oxygen atoms in total. The van der Waals surface area contributed by atoms with Crippen molar-refractivity contribution in [1.29, 1.82) is 0 Å². The van der Waals surface area contributed by atoms with Gasteiger partial charge in [0.05, 0.1) is 18.1 Å². The number of thiazole rings is 1. The molecule has 3 aromatic rings. The number of benzene rings is 1. The van der Waals surface area contributed by atoms with Gasteiger partial charge < -0.3 is 10.0 Å². The highest BCUT2D eigenvalue weighted by Crippen LogP contribution is 2.37. The van der Waals surface area contributed by atoms with E-state index in [4.69, 9.17) is 11.6 Å². The lowest BCUT2D eigenvalue weighted by molar-refractivity contribution is -0.933. The van der Waals surface area contributed by atoms with Gasteiger partial charge in [-0.25, -0.2) is 4.98 Å². The van der Waals surface area contributed by atoms with Gasteiger partial charge in [0, 0.05) is 17.9 Å². The molecule has 0 radical (unpaired) electrons. The van der Waals surface area contributed by atoms with Crippen LogP contribution in [0.4, 0.5) is 0 Å². The van der Waals surface area contributed by atoms with Gasteiger partial charge in [0.25, 0.3) is 0 Å². The summed E-state index contributed by atoms with van der Waals surface area (Å²) in [6.07, 6.45) is 3.21. The van der Waals surface area contributed by atoms with E-state index in [1.807, 2.05) is 25.1 Å². The van der Waals surface area contributed by atoms with Crippen molar-refractivity contribution < 1.29 is 10.0 Å². The molecule has 4 rings (SSSR count). The summed E-state index contributed by atoms with van der Waals surface area (Å²) in [6.45, 7) is 6.47. The highest BCUT2D eigenvalue weighted by molar-refractivity contribution is 7.17. The number of quaternary nitrogens is 1. The maximum absolute atomic E-state index is 10.9. The molecule has 3 atom stereocenters. The molecule has 3 heterocycles. The van der Waals surface area contributed by atoms with E-state index in [0.29, 0.717) is 5.92 Å². The van der Waals surface area contributed by atoms with E-state index in [1.54, 1.807) is 4.52 Å². The topological polar surface area (TPSA) is 54.9 Å². The van der Waals surface area contributed by atoms with Crippen LogP contribution >= 0.6 is 22.9 Å². The first-order valence-electron chi connectivity index (χ1n) is 9.24. The van der Waals surface area contributed by atoms with Crippen LogP contribution in [0.25, 0.3) is 4.96 Å². The molecule has 2 aromatic heterocycles. The average Bonchev–Trinajstić information content (AvgIpc) is 3.17. The minimum atomic E-state index is 0.00465. The van der Waals surface area contributed by atoms with E-state index in [0.717, 1.165) is 45.8 Å². The largest absolute Gasteiger partial charge is 0.492 e. The fraction of sp³-hybridized carbons (Fsp3) is 0.474. The SMILES string of the molecule is CCc1nc2sc([C@@H](c3ccccc3Cl)[NH+]3CCC[C@H](C)C3)c(O)n2n1. The quantitative estimate of drug-likeness (QED) is 0.718. The van der Waals surface area contributed by atoms with E-state index < -0.39 is 0 Å². The van der Waals surface area contributed by atoms with Crippen molar-refractivity contribution in [1.82, 2.24) is 14.6 Å². The molecule has 2 N–H and O–H groups in total. The van der Waals surface area contributed by atoms with Crippen molar-refractivity contribution in [2.24, 2.45) is 5.92 Å². The molecule has 1 aliphatic rings. The summed E-state index contributed by atoms with van der Waals surface area (Å²) in [5.41, 5.74) is 1.06. The van der Waals surface area contributed by atoms with Crippen LogP contribution in [0.5, 0.6) is 5.88 Å². The van der Waals surface area contributed by atoms with Crippen LogP contribution in [-0.4, -0.2) is 32.8 Å². The maximum atomic E-state index is 10.9. The number of piperidine rings is 1. The lowest BCUT2D eigenvalue weighted by Gasteiger charge is -2.34. The van der Waals surface area contributed by atoms with Crippen molar-refractivity contribution in [2.75, 3.05) is 13.1 Å². The molecule has 1 fully saturated rings. The Kier molecular flexibility index (Phi) is 4.90. The number of halogens is 1. The molecule has 0 bridgehead atoms. The second-order valence-corrected chi connectivity index (χ2v) is 8.60. The first-order valence-corrected chi connectivity index (χ1v) is 10.4. The van der Waals surface area contributed by atoms with Crippen LogP contribution in [0, 0.1) is 5.92 Å². The zero-order chi connectivity index (χ0) is 18.3. The van der Waals surface area contributed by atoms with Gasteiger partial charge in [-0.15, -0.1) is 5.10 Å². The van der Waals surface area contributed by atoms with Crippen molar-refractivity contribution >= 4 is 27.9 Å². The Morgan fingerprint density at radius 3 is 2.92 bits per heavy atom. The maximum Gasteiger partial charge on any atom is 0.235 e. The molecule has 1 unspecified atom stereocenters. The fourth-order valence-electron chi connectivity index (χ4n) is 3.98. The molecule has 0 amide bonds. The van der Waals surface area contributed by atoms with Crippen molar-refractivity contribution in [2.45, 2.75) is 39.2 Å². The Hall–Kier alpha value is -1.63. The molecule has 26 heavy (non-hydrogen) atoms. The van der Waals surface area contributed by atoms with Crippen LogP contribution in [0.15, 0.2) is 24.3 Å². The molecule has 0 spiro atoms. The Morgan fingerprint density at radius 2 is 2.23 bits per heavy atom.